The highest BCUT2D eigenvalue weighted by atomic mass is 16.5. The fraction of sp³-hybridized carbons (Fsp3) is 0.556. The molecule has 0 amide bonds. The lowest BCUT2D eigenvalue weighted by atomic mass is 10.1. The van der Waals surface area contributed by atoms with E-state index in [0.29, 0.717) is 12.6 Å². The molecule has 1 unspecified atom stereocenters. The Bertz CT molecular complexity index is 650. The third-order valence-electron chi connectivity index (χ3n) is 4.46. The average Bonchev–Trinajstić information content (AvgIpc) is 2.95. The Kier molecular flexibility index (Phi) is 5.48. The van der Waals surface area contributed by atoms with Crippen molar-refractivity contribution in [2.75, 3.05) is 27.2 Å². The molecule has 1 aliphatic heterocycles. The standard InChI is InChI=1S/C18H27N5O/c1-14-20-21-18-9-6-16(13-23(14)18)19-12-15-4-7-17(8-5-15)24-11-10-22(2)3/h4-5,7-8,16,19H,6,9-13H2,1-3H3. The largest absolute Gasteiger partial charge is 0.492 e. The molecule has 24 heavy (non-hydrogen) atoms. The molecule has 0 aliphatic carbocycles. The maximum atomic E-state index is 5.73. The van der Waals surface area contributed by atoms with Crippen molar-refractivity contribution in [3.8, 4) is 5.75 Å². The van der Waals surface area contributed by atoms with Crippen LogP contribution in [0, 0.1) is 6.92 Å². The third kappa shape index (κ3) is 4.33. The van der Waals surface area contributed by atoms with Crippen LogP contribution in [0.3, 0.4) is 0 Å². The fourth-order valence-electron chi connectivity index (χ4n) is 2.94. The number of rotatable bonds is 7. The molecule has 1 aliphatic rings. The molecule has 1 aromatic heterocycles. The van der Waals surface area contributed by atoms with E-state index in [4.69, 9.17) is 4.74 Å². The second kappa shape index (κ2) is 7.77. The zero-order chi connectivity index (χ0) is 16.9. The second-order valence-electron chi connectivity index (χ2n) is 6.69. The van der Waals surface area contributed by atoms with E-state index in [0.717, 1.165) is 49.9 Å². The van der Waals surface area contributed by atoms with Crippen LogP contribution in [0.5, 0.6) is 5.75 Å². The van der Waals surface area contributed by atoms with Crippen LogP contribution in [0.1, 0.15) is 23.6 Å². The molecule has 2 aromatic rings. The molecule has 0 spiro atoms. The first-order chi connectivity index (χ1) is 11.6. The van der Waals surface area contributed by atoms with Crippen molar-refractivity contribution in [1.82, 2.24) is 25.0 Å². The van der Waals surface area contributed by atoms with E-state index < -0.39 is 0 Å². The Morgan fingerprint density at radius 1 is 1.25 bits per heavy atom. The van der Waals surface area contributed by atoms with E-state index in [2.05, 4.69) is 49.2 Å². The first-order valence-corrected chi connectivity index (χ1v) is 8.60. The van der Waals surface area contributed by atoms with Crippen molar-refractivity contribution in [1.29, 1.82) is 0 Å². The summed E-state index contributed by atoms with van der Waals surface area (Å²) < 4.78 is 7.96. The SMILES string of the molecule is Cc1nnc2n1CC(NCc1ccc(OCCN(C)C)cc1)CC2. The molecule has 3 rings (SSSR count). The van der Waals surface area contributed by atoms with Gasteiger partial charge in [0.2, 0.25) is 0 Å². The summed E-state index contributed by atoms with van der Waals surface area (Å²) in [5.74, 6) is 3.06. The third-order valence-corrected chi connectivity index (χ3v) is 4.46. The normalized spacial score (nSPS) is 17.1. The van der Waals surface area contributed by atoms with Crippen molar-refractivity contribution in [2.45, 2.75) is 38.9 Å². The monoisotopic (exact) mass is 329 g/mol. The van der Waals surface area contributed by atoms with E-state index in [1.807, 2.05) is 21.0 Å². The molecule has 2 heterocycles. The quantitative estimate of drug-likeness (QED) is 0.837. The van der Waals surface area contributed by atoms with Crippen LogP contribution in [0.15, 0.2) is 24.3 Å². The molecule has 1 atom stereocenters. The number of aryl methyl sites for hydroxylation is 2. The Balaban J connectivity index is 1.46. The van der Waals surface area contributed by atoms with Gasteiger partial charge in [0.25, 0.3) is 0 Å². The first-order valence-electron chi connectivity index (χ1n) is 8.60. The van der Waals surface area contributed by atoms with Crippen LogP contribution in [0.4, 0.5) is 0 Å². The van der Waals surface area contributed by atoms with Gasteiger partial charge in [0, 0.05) is 32.1 Å². The summed E-state index contributed by atoms with van der Waals surface area (Å²) in [5.41, 5.74) is 1.28. The van der Waals surface area contributed by atoms with Gasteiger partial charge in [-0.05, 0) is 45.1 Å². The number of nitrogens with one attached hydrogen (secondary N) is 1. The molecule has 0 fully saturated rings. The fourth-order valence-corrected chi connectivity index (χ4v) is 2.94. The molecular weight excluding hydrogens is 302 g/mol. The van der Waals surface area contributed by atoms with Crippen LogP contribution in [-0.4, -0.2) is 53.0 Å². The molecule has 130 valence electrons. The smallest absolute Gasteiger partial charge is 0.133 e. The summed E-state index contributed by atoms with van der Waals surface area (Å²) in [5, 5.41) is 12.0. The van der Waals surface area contributed by atoms with Crippen LogP contribution in [0.25, 0.3) is 0 Å². The van der Waals surface area contributed by atoms with E-state index in [1.54, 1.807) is 0 Å². The van der Waals surface area contributed by atoms with Gasteiger partial charge >= 0.3 is 0 Å². The topological polar surface area (TPSA) is 55.2 Å². The number of hydrogen-bond acceptors (Lipinski definition) is 5. The summed E-state index contributed by atoms with van der Waals surface area (Å²) in [7, 11) is 4.10. The molecule has 0 saturated heterocycles. The van der Waals surface area contributed by atoms with Crippen LogP contribution >= 0.6 is 0 Å². The second-order valence-corrected chi connectivity index (χ2v) is 6.69. The number of aromatic nitrogens is 3. The van der Waals surface area contributed by atoms with E-state index in [1.165, 1.54) is 5.56 Å². The number of hydrogen-bond donors (Lipinski definition) is 1. The number of fused-ring (bicyclic) bond motifs is 1. The van der Waals surface area contributed by atoms with Crippen LogP contribution < -0.4 is 10.1 Å². The van der Waals surface area contributed by atoms with Gasteiger partial charge in [0.15, 0.2) is 0 Å². The predicted octanol–water partition coefficient (Wildman–Crippen LogP) is 1.63. The molecule has 0 radical (unpaired) electrons. The molecule has 6 heteroatoms. The van der Waals surface area contributed by atoms with Gasteiger partial charge < -0.3 is 19.5 Å². The van der Waals surface area contributed by atoms with Crippen molar-refractivity contribution in [3.05, 3.63) is 41.5 Å². The van der Waals surface area contributed by atoms with Crippen molar-refractivity contribution in [3.63, 3.8) is 0 Å². The van der Waals surface area contributed by atoms with Crippen molar-refractivity contribution >= 4 is 0 Å². The zero-order valence-electron chi connectivity index (χ0n) is 14.8. The maximum Gasteiger partial charge on any atom is 0.133 e. The highest BCUT2D eigenvalue weighted by molar-refractivity contribution is 5.27. The Morgan fingerprint density at radius 3 is 2.79 bits per heavy atom. The minimum atomic E-state index is 0.475. The lowest BCUT2D eigenvalue weighted by Gasteiger charge is -2.25. The molecule has 1 aromatic carbocycles. The molecule has 0 bridgehead atoms. The van der Waals surface area contributed by atoms with E-state index in [-0.39, 0.29) is 0 Å². The minimum Gasteiger partial charge on any atom is -0.492 e. The van der Waals surface area contributed by atoms with Gasteiger partial charge in [-0.25, -0.2) is 0 Å². The summed E-state index contributed by atoms with van der Waals surface area (Å²) in [6, 6.07) is 8.85. The lowest BCUT2D eigenvalue weighted by Crippen LogP contribution is -2.37. The lowest BCUT2D eigenvalue weighted by molar-refractivity contribution is 0.261. The van der Waals surface area contributed by atoms with Gasteiger partial charge in [-0.2, -0.15) is 0 Å². The average molecular weight is 329 g/mol. The Morgan fingerprint density at radius 2 is 2.04 bits per heavy atom. The Hall–Kier alpha value is -1.92. The summed E-state index contributed by atoms with van der Waals surface area (Å²) in [6.45, 7) is 5.50. The van der Waals surface area contributed by atoms with E-state index >= 15 is 0 Å². The van der Waals surface area contributed by atoms with Gasteiger partial charge in [0.1, 0.15) is 24.0 Å². The number of benzene rings is 1. The summed E-state index contributed by atoms with van der Waals surface area (Å²) >= 11 is 0. The van der Waals surface area contributed by atoms with Crippen LogP contribution in [0.2, 0.25) is 0 Å². The summed E-state index contributed by atoms with van der Waals surface area (Å²) in [6.07, 6.45) is 2.11. The molecule has 0 saturated carbocycles. The maximum absolute atomic E-state index is 5.73. The van der Waals surface area contributed by atoms with Gasteiger partial charge in [0.05, 0.1) is 0 Å². The van der Waals surface area contributed by atoms with E-state index in [9.17, 15) is 0 Å². The van der Waals surface area contributed by atoms with Gasteiger partial charge in [-0.1, -0.05) is 12.1 Å². The van der Waals surface area contributed by atoms with Crippen molar-refractivity contribution < 1.29 is 4.74 Å². The molecule has 6 nitrogen and oxygen atoms in total. The molecular formula is C18H27N5O. The predicted molar refractivity (Wildman–Crippen MR) is 94.2 cm³/mol. The van der Waals surface area contributed by atoms with Gasteiger partial charge in [-0.15, -0.1) is 10.2 Å². The highest BCUT2D eigenvalue weighted by Gasteiger charge is 2.20. The zero-order valence-corrected chi connectivity index (χ0v) is 14.8. The number of nitrogens with zero attached hydrogens (tertiary/aromatic N) is 4. The Labute approximate surface area is 143 Å². The van der Waals surface area contributed by atoms with Gasteiger partial charge in [-0.3, -0.25) is 0 Å². The van der Waals surface area contributed by atoms with Crippen LogP contribution in [-0.2, 0) is 19.5 Å². The minimum absolute atomic E-state index is 0.475. The highest BCUT2D eigenvalue weighted by Crippen LogP contribution is 2.16. The summed E-state index contributed by atoms with van der Waals surface area (Å²) in [4.78, 5) is 2.12. The number of likely N-dealkylation sites (N-methyl/N-ethyl adjacent to an activating group) is 1. The van der Waals surface area contributed by atoms with Crippen molar-refractivity contribution in [2.24, 2.45) is 0 Å². The first kappa shape index (κ1) is 16.9. The number of ether oxygens (including phenoxy) is 1. The molecule has 1 N–H and O–H groups in total.